The summed E-state index contributed by atoms with van der Waals surface area (Å²) in [6, 6.07) is 0. The van der Waals surface area contributed by atoms with Crippen LogP contribution in [0.5, 0.6) is 0 Å². The molecule has 0 saturated carbocycles. The quantitative estimate of drug-likeness (QED) is 0.303. The third kappa shape index (κ3) is 6.28. The fraction of sp³-hybridized carbons (Fsp3) is 0.667. The average molecular weight is 415 g/mol. The molecule has 0 aromatic rings. The van der Waals surface area contributed by atoms with Gasteiger partial charge in [0.1, 0.15) is 0 Å². The van der Waals surface area contributed by atoms with Crippen LogP contribution in [0, 0.1) is 11.5 Å². The molecule has 3 heteroatoms. The van der Waals surface area contributed by atoms with Gasteiger partial charge in [-0.3, -0.25) is 6.08 Å². The third-order valence-corrected chi connectivity index (χ3v) is 2.56. The summed E-state index contributed by atoms with van der Waals surface area (Å²) in [6.07, 6.45) is 6.38. The van der Waals surface area contributed by atoms with Crippen molar-refractivity contribution in [3.05, 3.63) is 22.8 Å². The van der Waals surface area contributed by atoms with Gasteiger partial charge >= 0.3 is 0 Å². The van der Waals surface area contributed by atoms with Crippen LogP contribution in [-0.2, 0) is 25.8 Å². The summed E-state index contributed by atoms with van der Waals surface area (Å²) >= 11 is 9.28. The van der Waals surface area contributed by atoms with E-state index in [1.807, 2.05) is 0 Å². The van der Waals surface area contributed by atoms with E-state index in [0.29, 0.717) is 0 Å². The summed E-state index contributed by atoms with van der Waals surface area (Å²) in [7, 11) is 0. The van der Waals surface area contributed by atoms with E-state index in [2.05, 4.69) is 63.9 Å². The molecule has 1 aliphatic carbocycles. The standard InChI is InChI=1S/C10H15.2CH3Cl.Hf/c1-7-6-10(4,5)9(3)8(7)2;2*1-2;/h1-5H3;2*1H3;/q-1;;;. The van der Waals surface area contributed by atoms with Crippen molar-refractivity contribution in [1.29, 1.82) is 0 Å². The fourth-order valence-corrected chi connectivity index (χ4v) is 1.41. The number of halogens is 2. The van der Waals surface area contributed by atoms with Crippen molar-refractivity contribution in [1.82, 2.24) is 0 Å². The minimum atomic E-state index is 0. The Morgan fingerprint density at radius 2 is 1.27 bits per heavy atom. The van der Waals surface area contributed by atoms with Crippen LogP contribution in [0.3, 0.4) is 0 Å². The molecule has 0 nitrogen and oxygen atoms in total. The van der Waals surface area contributed by atoms with E-state index in [9.17, 15) is 0 Å². The summed E-state index contributed by atoms with van der Waals surface area (Å²) in [5.41, 5.74) is 4.39. The second-order valence-corrected chi connectivity index (χ2v) is 3.62. The molecule has 15 heavy (non-hydrogen) atoms. The van der Waals surface area contributed by atoms with Gasteiger partial charge < -0.3 is 0 Å². The first-order chi connectivity index (χ1) is 6.45. The van der Waals surface area contributed by atoms with Gasteiger partial charge in [0.25, 0.3) is 0 Å². The van der Waals surface area contributed by atoms with Gasteiger partial charge in [-0.15, -0.1) is 30.1 Å². The molecule has 0 saturated heterocycles. The predicted octanol–water partition coefficient (Wildman–Crippen LogP) is 4.82. The van der Waals surface area contributed by atoms with Crippen molar-refractivity contribution in [2.45, 2.75) is 34.6 Å². The van der Waals surface area contributed by atoms with Crippen LogP contribution >= 0.6 is 23.2 Å². The van der Waals surface area contributed by atoms with Crippen molar-refractivity contribution in [3.63, 3.8) is 0 Å². The molecule has 0 aromatic heterocycles. The first kappa shape index (κ1) is 21.2. The van der Waals surface area contributed by atoms with Crippen molar-refractivity contribution >= 4 is 23.2 Å². The fourth-order valence-electron chi connectivity index (χ4n) is 1.41. The van der Waals surface area contributed by atoms with Gasteiger partial charge in [0.2, 0.25) is 0 Å². The Balaban J connectivity index is -0.000000258. The van der Waals surface area contributed by atoms with Crippen LogP contribution in [-0.4, -0.2) is 12.8 Å². The molecule has 0 amide bonds. The van der Waals surface area contributed by atoms with Gasteiger partial charge in [-0.2, -0.15) is 11.1 Å². The number of alkyl halides is 2. The summed E-state index contributed by atoms with van der Waals surface area (Å²) < 4.78 is 0. The molecular formula is C12H21Cl2Hf-. The summed E-state index contributed by atoms with van der Waals surface area (Å²) in [6.45, 7) is 10.9. The van der Waals surface area contributed by atoms with Crippen molar-refractivity contribution in [2.75, 3.05) is 12.8 Å². The Labute approximate surface area is 124 Å². The number of hydrogen-bond acceptors (Lipinski definition) is 0. The van der Waals surface area contributed by atoms with E-state index in [1.54, 1.807) is 0 Å². The first-order valence-electron chi connectivity index (χ1n) is 4.51. The van der Waals surface area contributed by atoms with E-state index in [0.717, 1.165) is 0 Å². The minimum Gasteiger partial charge on any atom is -0.263 e. The van der Waals surface area contributed by atoms with Crippen LogP contribution in [0.2, 0.25) is 0 Å². The van der Waals surface area contributed by atoms with Crippen molar-refractivity contribution in [3.8, 4) is 0 Å². The molecule has 1 aliphatic rings. The van der Waals surface area contributed by atoms with Gasteiger partial charge in [-0.25, -0.2) is 5.57 Å². The smallest absolute Gasteiger partial charge is 0.0108 e. The topological polar surface area (TPSA) is 0 Å². The Hall–Kier alpha value is 0.930. The van der Waals surface area contributed by atoms with E-state index >= 15 is 0 Å². The zero-order chi connectivity index (χ0) is 11.9. The normalized spacial score (nSPS) is 16.5. The molecular weight excluding hydrogens is 394 g/mol. The summed E-state index contributed by atoms with van der Waals surface area (Å²) in [4.78, 5) is 0. The molecule has 1 rings (SSSR count). The van der Waals surface area contributed by atoms with E-state index < -0.39 is 0 Å². The monoisotopic (exact) mass is 415 g/mol. The van der Waals surface area contributed by atoms with Crippen LogP contribution in [0.1, 0.15) is 34.6 Å². The molecule has 0 bridgehead atoms. The second-order valence-electron chi connectivity index (χ2n) is 3.62. The average Bonchev–Trinajstić information content (AvgIpc) is 2.36. The minimum absolute atomic E-state index is 0. The molecule has 0 fully saturated rings. The second kappa shape index (κ2) is 10.1. The van der Waals surface area contributed by atoms with Crippen LogP contribution in [0.15, 0.2) is 16.7 Å². The molecule has 88 valence electrons. The van der Waals surface area contributed by atoms with Crippen LogP contribution in [0.25, 0.3) is 0 Å². The first-order valence-corrected chi connectivity index (χ1v) is 6.02. The van der Waals surface area contributed by atoms with E-state index in [4.69, 9.17) is 0 Å². The Morgan fingerprint density at radius 1 is 0.933 bits per heavy atom. The molecule has 0 aromatic carbocycles. The van der Waals surface area contributed by atoms with Gasteiger partial charge in [0.05, 0.1) is 0 Å². The zero-order valence-corrected chi connectivity index (χ0v) is 15.9. The maximum atomic E-state index is 4.64. The summed E-state index contributed by atoms with van der Waals surface area (Å²) in [5, 5.41) is 0. The molecule has 0 unspecified atom stereocenters. The molecule has 0 N–H and O–H groups in total. The maximum Gasteiger partial charge on any atom is 0.0108 e. The van der Waals surface area contributed by atoms with E-state index in [1.165, 1.54) is 29.5 Å². The molecule has 0 heterocycles. The zero-order valence-electron chi connectivity index (χ0n) is 10.8. The molecule has 0 aliphatic heterocycles. The van der Waals surface area contributed by atoms with Gasteiger partial charge in [-0.05, 0) is 0 Å². The molecule has 0 atom stereocenters. The number of rotatable bonds is 0. The van der Waals surface area contributed by atoms with Gasteiger partial charge in [0, 0.05) is 38.6 Å². The Kier molecular flexibility index (Phi) is 14.3. The van der Waals surface area contributed by atoms with Crippen LogP contribution in [0.4, 0.5) is 0 Å². The van der Waals surface area contributed by atoms with Gasteiger partial charge in [0.15, 0.2) is 0 Å². The number of hydrogen-bond donors (Lipinski definition) is 0. The maximum absolute atomic E-state index is 4.64. The predicted molar refractivity (Wildman–Crippen MR) is 68.1 cm³/mol. The summed E-state index contributed by atoms with van der Waals surface area (Å²) in [5.74, 6) is 0. The Bertz CT molecular complexity index is 228. The molecule has 0 radical (unpaired) electrons. The number of allylic oxidation sites excluding steroid dienone is 4. The van der Waals surface area contributed by atoms with E-state index in [-0.39, 0.29) is 31.3 Å². The largest absolute Gasteiger partial charge is 0.263 e. The van der Waals surface area contributed by atoms with Crippen LogP contribution < -0.4 is 0 Å². The van der Waals surface area contributed by atoms with Crippen molar-refractivity contribution < 1.29 is 25.8 Å². The Morgan fingerprint density at radius 3 is 1.33 bits per heavy atom. The van der Waals surface area contributed by atoms with Gasteiger partial charge in [-0.1, -0.05) is 33.1 Å². The van der Waals surface area contributed by atoms with Crippen molar-refractivity contribution in [2.24, 2.45) is 5.41 Å². The third-order valence-electron chi connectivity index (χ3n) is 2.56. The SMILES string of the molecule is CC1=[C-]C(C)(C)C(C)=C1C.CCl.CCl.[Hf]. The molecule has 0 spiro atoms.